The first-order valence-electron chi connectivity index (χ1n) is 10.4. The lowest BCUT2D eigenvalue weighted by Gasteiger charge is -2.21. The van der Waals surface area contributed by atoms with Crippen molar-refractivity contribution in [2.75, 3.05) is 39.8 Å². The molecule has 156 valence electrons. The minimum absolute atomic E-state index is 0.0896. The third-order valence-electron chi connectivity index (χ3n) is 5.49. The Bertz CT molecular complexity index is 640. The molecule has 6 nitrogen and oxygen atoms in total. The highest BCUT2D eigenvalue weighted by molar-refractivity contribution is 5.82. The van der Waals surface area contributed by atoms with E-state index in [0.29, 0.717) is 13.1 Å². The van der Waals surface area contributed by atoms with Gasteiger partial charge < -0.3 is 15.0 Å². The van der Waals surface area contributed by atoms with Crippen molar-refractivity contribution in [2.45, 2.75) is 40.8 Å². The minimum Gasteiger partial charge on any atom is -0.469 e. The Morgan fingerprint density at radius 1 is 1.18 bits per heavy atom. The van der Waals surface area contributed by atoms with Gasteiger partial charge in [0.25, 0.3) is 0 Å². The number of hydrogen-bond donors (Lipinski definition) is 1. The lowest BCUT2D eigenvalue weighted by Crippen LogP contribution is -2.40. The van der Waals surface area contributed by atoms with E-state index in [2.05, 4.69) is 67.1 Å². The van der Waals surface area contributed by atoms with Crippen LogP contribution in [0.15, 0.2) is 29.3 Å². The van der Waals surface area contributed by atoms with Gasteiger partial charge in [-0.1, -0.05) is 45.0 Å². The average molecular weight is 389 g/mol. The monoisotopic (exact) mass is 388 g/mol. The zero-order chi connectivity index (χ0) is 20.5. The number of nitrogens with zero attached hydrogens (tertiary/aromatic N) is 3. The van der Waals surface area contributed by atoms with Crippen LogP contribution >= 0.6 is 0 Å². The number of rotatable bonds is 8. The maximum Gasteiger partial charge on any atom is 0.310 e. The van der Waals surface area contributed by atoms with Gasteiger partial charge in [0.05, 0.1) is 19.6 Å². The van der Waals surface area contributed by atoms with Crippen LogP contribution in [0.4, 0.5) is 0 Å². The number of esters is 1. The maximum atomic E-state index is 12.0. The van der Waals surface area contributed by atoms with Crippen molar-refractivity contribution >= 4 is 11.9 Å². The first-order valence-corrected chi connectivity index (χ1v) is 10.4. The molecule has 0 spiro atoms. The van der Waals surface area contributed by atoms with E-state index in [-0.39, 0.29) is 17.8 Å². The van der Waals surface area contributed by atoms with Crippen molar-refractivity contribution in [3.63, 3.8) is 0 Å². The number of carbonyl (C=O) groups excluding carboxylic acids is 1. The van der Waals surface area contributed by atoms with E-state index in [4.69, 9.17) is 9.73 Å². The second kappa shape index (κ2) is 11.1. The number of likely N-dealkylation sites (tertiary alicyclic amines) is 1. The molecule has 1 fully saturated rings. The normalized spacial score (nSPS) is 19.9. The lowest BCUT2D eigenvalue weighted by molar-refractivity contribution is -0.145. The zero-order valence-electron chi connectivity index (χ0n) is 18.1. The van der Waals surface area contributed by atoms with Crippen molar-refractivity contribution in [3.05, 3.63) is 35.4 Å². The van der Waals surface area contributed by atoms with Crippen LogP contribution in [0.3, 0.4) is 0 Å². The molecule has 1 aliphatic rings. The van der Waals surface area contributed by atoms with Crippen LogP contribution in [0.25, 0.3) is 0 Å². The van der Waals surface area contributed by atoms with Crippen molar-refractivity contribution in [1.82, 2.24) is 15.1 Å². The predicted octanol–water partition coefficient (Wildman–Crippen LogP) is 2.73. The van der Waals surface area contributed by atoms with Gasteiger partial charge in [-0.2, -0.15) is 0 Å². The number of nitrogens with one attached hydrogen (secondary N) is 1. The molecule has 0 saturated carbocycles. The number of carbonyl (C=O) groups is 1. The van der Waals surface area contributed by atoms with Crippen LogP contribution < -0.4 is 5.32 Å². The van der Waals surface area contributed by atoms with Gasteiger partial charge in [-0.3, -0.25) is 9.69 Å². The molecular weight excluding hydrogens is 352 g/mol. The Morgan fingerprint density at radius 3 is 2.39 bits per heavy atom. The Morgan fingerprint density at radius 2 is 1.82 bits per heavy atom. The van der Waals surface area contributed by atoms with Crippen LogP contribution in [0.2, 0.25) is 0 Å². The van der Waals surface area contributed by atoms with E-state index in [0.717, 1.165) is 38.7 Å². The summed E-state index contributed by atoms with van der Waals surface area (Å²) in [6.07, 6.45) is 0. The van der Waals surface area contributed by atoms with E-state index >= 15 is 0 Å². The van der Waals surface area contributed by atoms with Crippen LogP contribution in [0, 0.1) is 11.8 Å². The lowest BCUT2D eigenvalue weighted by atomic mass is 9.99. The van der Waals surface area contributed by atoms with Crippen LogP contribution in [-0.2, 0) is 22.6 Å². The highest BCUT2D eigenvalue weighted by Gasteiger charge is 2.36. The van der Waals surface area contributed by atoms with Crippen molar-refractivity contribution in [3.8, 4) is 0 Å². The van der Waals surface area contributed by atoms with E-state index in [9.17, 15) is 4.79 Å². The van der Waals surface area contributed by atoms with Crippen molar-refractivity contribution in [2.24, 2.45) is 16.8 Å². The largest absolute Gasteiger partial charge is 0.469 e. The summed E-state index contributed by atoms with van der Waals surface area (Å²) < 4.78 is 4.95. The third-order valence-corrected chi connectivity index (χ3v) is 5.49. The Labute approximate surface area is 170 Å². The molecule has 1 saturated heterocycles. The third kappa shape index (κ3) is 5.96. The average Bonchev–Trinajstić information content (AvgIpc) is 3.11. The summed E-state index contributed by atoms with van der Waals surface area (Å²) in [5, 5.41) is 3.36. The van der Waals surface area contributed by atoms with Gasteiger partial charge in [-0.25, -0.2) is 4.99 Å². The second-order valence-electron chi connectivity index (χ2n) is 7.46. The van der Waals surface area contributed by atoms with Crippen LogP contribution in [-0.4, -0.2) is 61.6 Å². The Hall–Kier alpha value is -2.08. The highest BCUT2D eigenvalue weighted by atomic mass is 16.5. The standard InChI is InChI=1S/C22H36N4O2/c1-6-23-22(26-14-17(4)20(16-26)21(27)28-5)24-13-18-9-11-19(12-10-18)15-25(7-2)8-3/h9-12,17,20H,6-8,13-16H2,1-5H3,(H,23,24). The minimum atomic E-state index is -0.130. The highest BCUT2D eigenvalue weighted by Crippen LogP contribution is 2.24. The van der Waals surface area contributed by atoms with Gasteiger partial charge in [0.1, 0.15) is 0 Å². The molecule has 0 aliphatic carbocycles. The SMILES string of the molecule is CCNC(=NCc1ccc(CN(CC)CC)cc1)N1CC(C)C(C(=O)OC)C1. The van der Waals surface area contributed by atoms with Gasteiger partial charge in [0.2, 0.25) is 0 Å². The summed E-state index contributed by atoms with van der Waals surface area (Å²) in [6, 6.07) is 8.72. The Kier molecular flexibility index (Phi) is 8.77. The first kappa shape index (κ1) is 22.2. The number of aliphatic imine (C=N–C) groups is 1. The number of benzene rings is 1. The van der Waals surface area contributed by atoms with Gasteiger partial charge >= 0.3 is 5.97 Å². The molecule has 6 heteroatoms. The molecule has 1 aromatic carbocycles. The number of guanidine groups is 1. The van der Waals surface area contributed by atoms with E-state index in [1.165, 1.54) is 18.2 Å². The fraction of sp³-hybridized carbons (Fsp3) is 0.636. The fourth-order valence-corrected chi connectivity index (χ4v) is 3.65. The van der Waals surface area contributed by atoms with E-state index in [1.54, 1.807) is 0 Å². The van der Waals surface area contributed by atoms with E-state index in [1.807, 2.05) is 0 Å². The zero-order valence-corrected chi connectivity index (χ0v) is 18.1. The summed E-state index contributed by atoms with van der Waals surface area (Å²) in [5.74, 6) is 0.909. The molecule has 2 atom stereocenters. The summed E-state index contributed by atoms with van der Waals surface area (Å²) >= 11 is 0. The quantitative estimate of drug-likeness (QED) is 0.422. The van der Waals surface area contributed by atoms with Gasteiger partial charge in [-0.05, 0) is 37.1 Å². The summed E-state index contributed by atoms with van der Waals surface area (Å²) in [4.78, 5) is 21.4. The maximum absolute atomic E-state index is 12.0. The summed E-state index contributed by atoms with van der Waals surface area (Å²) in [7, 11) is 1.46. The molecule has 0 amide bonds. The van der Waals surface area contributed by atoms with E-state index < -0.39 is 0 Å². The number of hydrogen-bond acceptors (Lipinski definition) is 4. The predicted molar refractivity (Wildman–Crippen MR) is 114 cm³/mol. The number of methoxy groups -OCH3 is 1. The van der Waals surface area contributed by atoms with Gasteiger partial charge in [0, 0.05) is 26.2 Å². The molecule has 0 radical (unpaired) electrons. The van der Waals surface area contributed by atoms with Crippen molar-refractivity contribution in [1.29, 1.82) is 0 Å². The van der Waals surface area contributed by atoms with Crippen molar-refractivity contribution < 1.29 is 9.53 Å². The van der Waals surface area contributed by atoms with Gasteiger partial charge in [0.15, 0.2) is 5.96 Å². The molecule has 1 heterocycles. The molecule has 2 rings (SSSR count). The molecule has 0 aromatic heterocycles. The molecule has 0 bridgehead atoms. The number of ether oxygens (including phenoxy) is 1. The first-order chi connectivity index (χ1) is 13.5. The summed E-state index contributed by atoms with van der Waals surface area (Å²) in [6.45, 7) is 14.6. The fourth-order valence-electron chi connectivity index (χ4n) is 3.65. The molecule has 1 aliphatic heterocycles. The molecule has 1 N–H and O–H groups in total. The Balaban J connectivity index is 2.02. The molecular formula is C22H36N4O2. The smallest absolute Gasteiger partial charge is 0.310 e. The van der Waals surface area contributed by atoms with Crippen LogP contribution in [0.1, 0.15) is 38.8 Å². The van der Waals surface area contributed by atoms with Crippen LogP contribution in [0.5, 0.6) is 0 Å². The van der Waals surface area contributed by atoms with Gasteiger partial charge in [-0.15, -0.1) is 0 Å². The summed E-state index contributed by atoms with van der Waals surface area (Å²) in [5.41, 5.74) is 2.52. The topological polar surface area (TPSA) is 57.2 Å². The second-order valence-corrected chi connectivity index (χ2v) is 7.46. The molecule has 1 aromatic rings. The molecule has 28 heavy (non-hydrogen) atoms. The molecule has 2 unspecified atom stereocenters.